The minimum Gasteiger partial charge on any atom is -0.358 e. The third-order valence-electron chi connectivity index (χ3n) is 2.34. The van der Waals surface area contributed by atoms with E-state index in [1.165, 1.54) is 19.0 Å². The van der Waals surface area contributed by atoms with Crippen LogP contribution in [0.4, 0.5) is 24.8 Å². The molecule has 0 saturated heterocycles. The van der Waals surface area contributed by atoms with E-state index in [9.17, 15) is 18.0 Å². The molecule has 0 aliphatic rings. The first-order valence-corrected chi connectivity index (χ1v) is 5.25. The van der Waals surface area contributed by atoms with E-state index in [-0.39, 0.29) is 24.1 Å². The summed E-state index contributed by atoms with van der Waals surface area (Å²) in [5, 5.41) is 2.37. The molecule has 6 nitrogen and oxygen atoms in total. The van der Waals surface area contributed by atoms with Crippen molar-refractivity contribution >= 4 is 17.5 Å². The number of rotatable bonds is 4. The number of anilines is 2. The van der Waals surface area contributed by atoms with Gasteiger partial charge in [-0.1, -0.05) is 0 Å². The average Bonchev–Trinajstić information content (AvgIpc) is 2.36. The second-order valence-corrected chi connectivity index (χ2v) is 3.77. The van der Waals surface area contributed by atoms with Crippen LogP contribution >= 0.6 is 0 Å². The van der Waals surface area contributed by atoms with Crippen LogP contribution in [0.1, 0.15) is 5.56 Å². The molecule has 0 aromatic carbocycles. The van der Waals surface area contributed by atoms with Gasteiger partial charge in [0.15, 0.2) is 0 Å². The Hall–Kier alpha value is -2.03. The molecule has 1 heterocycles. The third-order valence-corrected chi connectivity index (χ3v) is 2.34. The zero-order valence-corrected chi connectivity index (χ0v) is 10.4. The van der Waals surface area contributed by atoms with Gasteiger partial charge in [0.05, 0.1) is 12.1 Å². The van der Waals surface area contributed by atoms with Gasteiger partial charge in [-0.05, 0) is 12.1 Å². The van der Waals surface area contributed by atoms with E-state index in [1.54, 1.807) is 0 Å². The number of carbonyl (C=O) groups is 1. The molecule has 0 aliphatic carbocycles. The number of amides is 1. The SMILES string of the molecule is CNC(=O)CN(C)c1cc(C(F)(F)F)cc(NN)n1. The number of nitrogens with two attached hydrogens (primary N) is 1. The van der Waals surface area contributed by atoms with Crippen LogP contribution in [-0.4, -0.2) is 31.5 Å². The highest BCUT2D eigenvalue weighted by Gasteiger charge is 2.32. The number of hydrogen-bond acceptors (Lipinski definition) is 5. The van der Waals surface area contributed by atoms with E-state index in [2.05, 4.69) is 15.7 Å². The second kappa shape index (κ2) is 5.74. The van der Waals surface area contributed by atoms with E-state index in [0.29, 0.717) is 0 Å². The van der Waals surface area contributed by atoms with Crippen LogP contribution in [-0.2, 0) is 11.0 Å². The van der Waals surface area contributed by atoms with Gasteiger partial charge >= 0.3 is 6.18 Å². The summed E-state index contributed by atoms with van der Waals surface area (Å²) < 4.78 is 38.0. The zero-order chi connectivity index (χ0) is 14.6. The number of likely N-dealkylation sites (N-methyl/N-ethyl adjacent to an activating group) is 2. The van der Waals surface area contributed by atoms with Crippen LogP contribution in [0.15, 0.2) is 12.1 Å². The fraction of sp³-hybridized carbons (Fsp3) is 0.400. The van der Waals surface area contributed by atoms with Crippen molar-refractivity contribution in [2.75, 3.05) is 31.0 Å². The number of hydrogen-bond donors (Lipinski definition) is 3. The number of hydrazine groups is 1. The maximum atomic E-state index is 12.7. The minimum atomic E-state index is -4.52. The monoisotopic (exact) mass is 277 g/mol. The Kier molecular flexibility index (Phi) is 4.54. The molecule has 19 heavy (non-hydrogen) atoms. The van der Waals surface area contributed by atoms with Crippen LogP contribution in [0.3, 0.4) is 0 Å². The largest absolute Gasteiger partial charge is 0.416 e. The average molecular weight is 277 g/mol. The van der Waals surface area contributed by atoms with Crippen molar-refractivity contribution in [2.45, 2.75) is 6.18 Å². The van der Waals surface area contributed by atoms with Gasteiger partial charge in [-0.15, -0.1) is 0 Å². The van der Waals surface area contributed by atoms with Crippen molar-refractivity contribution in [3.8, 4) is 0 Å². The number of pyridine rings is 1. The quantitative estimate of drug-likeness (QED) is 0.553. The predicted molar refractivity (Wildman–Crippen MR) is 64.4 cm³/mol. The van der Waals surface area contributed by atoms with Crippen LogP contribution < -0.4 is 21.5 Å². The molecule has 1 amide bonds. The van der Waals surface area contributed by atoms with Crippen molar-refractivity contribution in [2.24, 2.45) is 5.84 Å². The second-order valence-electron chi connectivity index (χ2n) is 3.77. The van der Waals surface area contributed by atoms with E-state index in [4.69, 9.17) is 5.84 Å². The topological polar surface area (TPSA) is 83.3 Å². The molecule has 1 aromatic heterocycles. The molecule has 4 N–H and O–H groups in total. The van der Waals surface area contributed by atoms with E-state index < -0.39 is 11.7 Å². The molecule has 0 fully saturated rings. The standard InChI is InChI=1S/C10H14F3N5O/c1-15-9(19)5-18(2)8-4-6(10(11,12)13)3-7(16-8)17-14/h3-4H,5,14H2,1-2H3,(H,15,19)(H,16,17). The molecule has 0 atom stereocenters. The third kappa shape index (κ3) is 3.98. The van der Waals surface area contributed by atoms with Crippen LogP contribution in [0, 0.1) is 0 Å². The predicted octanol–water partition coefficient (Wildman–Crippen LogP) is 0.568. The van der Waals surface area contributed by atoms with Crippen molar-refractivity contribution in [1.29, 1.82) is 0 Å². The molecule has 0 spiro atoms. The molecule has 0 aliphatic heterocycles. The minimum absolute atomic E-state index is 0.00799. The first-order valence-electron chi connectivity index (χ1n) is 5.25. The number of nitrogens with zero attached hydrogens (tertiary/aromatic N) is 2. The van der Waals surface area contributed by atoms with Gasteiger partial charge < -0.3 is 15.6 Å². The molecular formula is C10H14F3N5O. The van der Waals surface area contributed by atoms with Crippen LogP contribution in [0.25, 0.3) is 0 Å². The summed E-state index contributed by atoms with van der Waals surface area (Å²) in [7, 11) is 2.89. The molecule has 9 heteroatoms. The molecule has 1 aromatic rings. The summed E-state index contributed by atoms with van der Waals surface area (Å²) in [5.74, 6) is 4.60. The summed E-state index contributed by atoms with van der Waals surface area (Å²) >= 11 is 0. The maximum Gasteiger partial charge on any atom is 0.416 e. The summed E-state index contributed by atoms with van der Waals surface area (Å²) in [4.78, 5) is 16.3. The molecule has 1 rings (SSSR count). The van der Waals surface area contributed by atoms with Gasteiger partial charge in [0.1, 0.15) is 11.6 Å². The van der Waals surface area contributed by atoms with E-state index >= 15 is 0 Å². The Balaban J connectivity index is 3.09. The number of nitrogen functional groups attached to an aromatic ring is 1. The Morgan fingerprint density at radius 1 is 1.47 bits per heavy atom. The van der Waals surface area contributed by atoms with E-state index in [0.717, 1.165) is 12.1 Å². The zero-order valence-electron chi connectivity index (χ0n) is 10.4. The van der Waals surface area contributed by atoms with Crippen LogP contribution in [0.2, 0.25) is 0 Å². The number of halogens is 3. The summed E-state index contributed by atoms with van der Waals surface area (Å²) in [6.45, 7) is -0.116. The number of alkyl halides is 3. The Labute approximate surface area is 107 Å². The van der Waals surface area contributed by atoms with Gasteiger partial charge in [-0.2, -0.15) is 13.2 Å². The molecule has 0 bridgehead atoms. The Bertz CT molecular complexity index is 463. The normalized spacial score (nSPS) is 11.1. The Morgan fingerprint density at radius 2 is 2.11 bits per heavy atom. The highest BCUT2D eigenvalue weighted by Crippen LogP contribution is 2.32. The van der Waals surface area contributed by atoms with Crippen molar-refractivity contribution in [3.05, 3.63) is 17.7 Å². The molecule has 0 saturated carbocycles. The number of aromatic nitrogens is 1. The van der Waals surface area contributed by atoms with Crippen molar-refractivity contribution < 1.29 is 18.0 Å². The van der Waals surface area contributed by atoms with Gasteiger partial charge in [0.25, 0.3) is 0 Å². The first kappa shape index (κ1) is 15.0. The van der Waals surface area contributed by atoms with Crippen molar-refractivity contribution in [3.63, 3.8) is 0 Å². The van der Waals surface area contributed by atoms with Gasteiger partial charge in [0, 0.05) is 14.1 Å². The fourth-order valence-electron chi connectivity index (χ4n) is 1.32. The summed E-state index contributed by atoms with van der Waals surface area (Å²) in [6, 6.07) is 1.64. The highest BCUT2D eigenvalue weighted by molar-refractivity contribution is 5.80. The highest BCUT2D eigenvalue weighted by atomic mass is 19.4. The van der Waals surface area contributed by atoms with Gasteiger partial charge in [-0.3, -0.25) is 4.79 Å². The molecular weight excluding hydrogens is 263 g/mol. The molecule has 0 radical (unpaired) electrons. The lowest BCUT2D eigenvalue weighted by Gasteiger charge is -2.19. The lowest BCUT2D eigenvalue weighted by Crippen LogP contribution is -2.33. The van der Waals surface area contributed by atoms with Crippen LogP contribution in [0.5, 0.6) is 0 Å². The smallest absolute Gasteiger partial charge is 0.358 e. The molecule has 0 unspecified atom stereocenters. The lowest BCUT2D eigenvalue weighted by molar-refractivity contribution is -0.137. The summed E-state index contributed by atoms with van der Waals surface area (Å²) in [6.07, 6.45) is -4.52. The number of nitrogens with one attached hydrogen (secondary N) is 2. The Morgan fingerprint density at radius 3 is 2.58 bits per heavy atom. The molecule has 106 valence electrons. The van der Waals surface area contributed by atoms with E-state index in [1.807, 2.05) is 0 Å². The van der Waals surface area contributed by atoms with Gasteiger partial charge in [0.2, 0.25) is 5.91 Å². The number of carbonyl (C=O) groups excluding carboxylic acids is 1. The summed E-state index contributed by atoms with van der Waals surface area (Å²) in [5.41, 5.74) is 1.17. The fourth-order valence-corrected chi connectivity index (χ4v) is 1.32. The first-order chi connectivity index (χ1) is 8.77. The maximum absolute atomic E-state index is 12.7. The van der Waals surface area contributed by atoms with Crippen molar-refractivity contribution in [1.82, 2.24) is 10.3 Å². The lowest BCUT2D eigenvalue weighted by atomic mass is 10.2. The van der Waals surface area contributed by atoms with Gasteiger partial charge in [-0.25, -0.2) is 10.8 Å².